The van der Waals surface area contributed by atoms with Crippen LogP contribution in [-0.4, -0.2) is 0 Å². The molecule has 4 aromatic heterocycles. The minimum absolute atomic E-state index is 1.41. The van der Waals surface area contributed by atoms with E-state index in [2.05, 4.69) is 38.1 Å². The number of aryl methyl sites for hydroxylation is 2. The molecule has 0 nitrogen and oxygen atoms in total. The molecule has 4 rings (SSSR count). The Kier molecular flexibility index (Phi) is 2.42. The molecule has 0 radical (unpaired) electrons. The predicted octanol–water partition coefficient (Wildman–Crippen LogP) is 6.52. The topological polar surface area (TPSA) is 0 Å². The van der Waals surface area contributed by atoms with E-state index in [9.17, 15) is 0 Å². The summed E-state index contributed by atoms with van der Waals surface area (Å²) in [5, 5.41) is 0. The average Bonchev–Trinajstić information content (AvgIpc) is 2.94. The van der Waals surface area contributed by atoms with Crippen molar-refractivity contribution >= 4 is 64.1 Å². The molecule has 4 heterocycles. The van der Waals surface area contributed by atoms with E-state index in [4.69, 9.17) is 0 Å². The third-order valence-corrected chi connectivity index (χ3v) is 7.52. The molecule has 0 aliphatic heterocycles. The van der Waals surface area contributed by atoms with Gasteiger partial charge in [0.2, 0.25) is 0 Å². The molecule has 0 atom stereocenters. The zero-order chi connectivity index (χ0) is 12.3. The number of hydrogen-bond donors (Lipinski definition) is 0. The van der Waals surface area contributed by atoms with Crippen molar-refractivity contribution in [3.63, 3.8) is 0 Å². The molecule has 0 spiro atoms. The van der Waals surface area contributed by atoms with Gasteiger partial charge in [0.05, 0.1) is 0 Å². The maximum atomic E-state index is 2.35. The van der Waals surface area contributed by atoms with E-state index in [1.165, 1.54) is 38.3 Å². The van der Waals surface area contributed by atoms with Crippen molar-refractivity contribution in [2.75, 3.05) is 0 Å². The van der Waals surface area contributed by atoms with E-state index in [1.54, 1.807) is 0 Å². The van der Waals surface area contributed by atoms with E-state index < -0.39 is 0 Å². The minimum Gasteiger partial charge on any atom is -0.140 e. The Hall–Kier alpha value is -0.680. The van der Waals surface area contributed by atoms with Crippen molar-refractivity contribution in [1.82, 2.24) is 0 Å². The third kappa shape index (κ3) is 1.67. The fourth-order valence-corrected chi connectivity index (χ4v) is 6.86. The SMILES string of the molecule is Cc1cc2sc(-c3cc4sc(C)cc4s3)cc2s1. The third-order valence-electron chi connectivity index (χ3n) is 2.90. The first-order valence-electron chi connectivity index (χ1n) is 5.69. The summed E-state index contributed by atoms with van der Waals surface area (Å²) in [7, 11) is 0. The Morgan fingerprint density at radius 2 is 0.944 bits per heavy atom. The van der Waals surface area contributed by atoms with Gasteiger partial charge < -0.3 is 0 Å². The molecule has 0 N–H and O–H groups in total. The first-order chi connectivity index (χ1) is 8.69. The Morgan fingerprint density at radius 1 is 0.556 bits per heavy atom. The molecule has 0 aromatic carbocycles. The molecule has 0 saturated carbocycles. The van der Waals surface area contributed by atoms with Gasteiger partial charge in [0.1, 0.15) is 0 Å². The van der Waals surface area contributed by atoms with Crippen molar-refractivity contribution < 1.29 is 0 Å². The lowest BCUT2D eigenvalue weighted by molar-refractivity contribution is 1.66. The summed E-state index contributed by atoms with van der Waals surface area (Å²) >= 11 is 7.63. The van der Waals surface area contributed by atoms with E-state index in [0.717, 1.165) is 0 Å². The molecule has 4 heteroatoms. The number of fused-ring (bicyclic) bond motifs is 2. The van der Waals surface area contributed by atoms with Crippen LogP contribution in [0.4, 0.5) is 0 Å². The molecule has 0 amide bonds. The van der Waals surface area contributed by atoms with Gasteiger partial charge in [-0.1, -0.05) is 0 Å². The van der Waals surface area contributed by atoms with Crippen LogP contribution in [0.5, 0.6) is 0 Å². The van der Waals surface area contributed by atoms with Crippen LogP contribution in [0.15, 0.2) is 24.3 Å². The number of rotatable bonds is 1. The van der Waals surface area contributed by atoms with Crippen LogP contribution < -0.4 is 0 Å². The van der Waals surface area contributed by atoms with Gasteiger partial charge in [0.15, 0.2) is 0 Å². The van der Waals surface area contributed by atoms with Crippen molar-refractivity contribution in [3.05, 3.63) is 34.0 Å². The Balaban J connectivity index is 1.89. The standard InChI is InChI=1S/C14H10S4/c1-7-3-9-11(15-7)5-13(17-9)14-6-12-10(18-14)4-8(2)16-12/h3-6H,1-2H3. The van der Waals surface area contributed by atoms with Crippen molar-refractivity contribution in [2.24, 2.45) is 0 Å². The van der Waals surface area contributed by atoms with Crippen molar-refractivity contribution in [3.8, 4) is 9.75 Å². The quantitative estimate of drug-likeness (QED) is 0.375. The Labute approximate surface area is 121 Å². The smallest absolute Gasteiger partial charge is 0.0464 e. The summed E-state index contributed by atoms with van der Waals surface area (Å²) in [4.78, 5) is 5.65. The molecule has 0 fully saturated rings. The van der Waals surface area contributed by atoms with Gasteiger partial charge in [0.25, 0.3) is 0 Å². The molecule has 18 heavy (non-hydrogen) atoms. The van der Waals surface area contributed by atoms with Gasteiger partial charge in [0, 0.05) is 38.3 Å². The fraction of sp³-hybridized carbons (Fsp3) is 0.143. The predicted molar refractivity (Wildman–Crippen MR) is 87.9 cm³/mol. The maximum Gasteiger partial charge on any atom is 0.0464 e. The van der Waals surface area contributed by atoms with Crippen LogP contribution >= 0.6 is 45.3 Å². The van der Waals surface area contributed by atoms with Gasteiger partial charge in [-0.25, -0.2) is 0 Å². The summed E-state index contributed by atoms with van der Waals surface area (Å²) in [6.07, 6.45) is 0. The molecule has 0 aliphatic rings. The molecule has 4 aromatic rings. The summed E-state index contributed by atoms with van der Waals surface area (Å²) in [6.45, 7) is 4.36. The van der Waals surface area contributed by atoms with Crippen LogP contribution in [0.3, 0.4) is 0 Å². The zero-order valence-corrected chi connectivity index (χ0v) is 13.2. The maximum absolute atomic E-state index is 2.35. The molecule has 0 bridgehead atoms. The molecule has 90 valence electrons. The lowest BCUT2D eigenvalue weighted by Crippen LogP contribution is -1.58. The largest absolute Gasteiger partial charge is 0.140 e. The molecular weight excluding hydrogens is 296 g/mol. The summed E-state index contributed by atoms with van der Waals surface area (Å²) < 4.78 is 5.72. The highest BCUT2D eigenvalue weighted by Gasteiger charge is 2.11. The van der Waals surface area contributed by atoms with E-state index in [-0.39, 0.29) is 0 Å². The van der Waals surface area contributed by atoms with Crippen LogP contribution in [0.2, 0.25) is 0 Å². The van der Waals surface area contributed by atoms with Crippen LogP contribution in [0.1, 0.15) is 9.75 Å². The lowest BCUT2D eigenvalue weighted by atomic mass is 10.3. The monoisotopic (exact) mass is 306 g/mol. The van der Waals surface area contributed by atoms with E-state index >= 15 is 0 Å². The second kappa shape index (κ2) is 3.90. The highest BCUT2D eigenvalue weighted by atomic mass is 32.1. The van der Waals surface area contributed by atoms with Crippen molar-refractivity contribution in [2.45, 2.75) is 13.8 Å². The fourth-order valence-electron chi connectivity index (χ4n) is 2.16. The molecule has 0 saturated heterocycles. The number of thiophene rings is 4. The normalized spacial score (nSPS) is 11.9. The lowest BCUT2D eigenvalue weighted by Gasteiger charge is -1.88. The minimum atomic E-state index is 1.41. The van der Waals surface area contributed by atoms with Crippen LogP contribution in [0, 0.1) is 13.8 Å². The molecular formula is C14H10S4. The average molecular weight is 307 g/mol. The summed E-state index contributed by atoms with van der Waals surface area (Å²) in [6, 6.07) is 9.29. The van der Waals surface area contributed by atoms with Gasteiger partial charge >= 0.3 is 0 Å². The van der Waals surface area contributed by atoms with Gasteiger partial charge in [-0.2, -0.15) is 0 Å². The first-order valence-corrected chi connectivity index (χ1v) is 8.96. The van der Waals surface area contributed by atoms with E-state index in [0.29, 0.717) is 0 Å². The van der Waals surface area contributed by atoms with Crippen LogP contribution in [0.25, 0.3) is 28.6 Å². The Bertz CT molecular complexity index is 717. The van der Waals surface area contributed by atoms with Gasteiger partial charge in [-0.15, -0.1) is 45.3 Å². The van der Waals surface area contributed by atoms with E-state index in [1.807, 2.05) is 45.3 Å². The summed E-state index contributed by atoms with van der Waals surface area (Å²) in [5.74, 6) is 0. The number of hydrogen-bond acceptors (Lipinski definition) is 4. The second-order valence-corrected chi connectivity index (χ2v) is 9.14. The van der Waals surface area contributed by atoms with Gasteiger partial charge in [-0.3, -0.25) is 0 Å². The Morgan fingerprint density at radius 3 is 1.33 bits per heavy atom. The second-order valence-electron chi connectivity index (χ2n) is 4.39. The first kappa shape index (κ1) is 11.2. The highest BCUT2D eigenvalue weighted by Crippen LogP contribution is 2.43. The van der Waals surface area contributed by atoms with Crippen molar-refractivity contribution in [1.29, 1.82) is 0 Å². The van der Waals surface area contributed by atoms with Crippen LogP contribution in [-0.2, 0) is 0 Å². The highest BCUT2D eigenvalue weighted by molar-refractivity contribution is 7.33. The summed E-state index contributed by atoms with van der Waals surface area (Å²) in [5.41, 5.74) is 0. The molecule has 0 aliphatic carbocycles. The zero-order valence-electron chi connectivity index (χ0n) is 9.94. The molecule has 0 unspecified atom stereocenters. The van der Waals surface area contributed by atoms with Gasteiger partial charge in [-0.05, 0) is 38.1 Å².